The number of hydrogen-bond donors (Lipinski definition) is 0. The minimum absolute atomic E-state index is 0. The fourth-order valence-corrected chi connectivity index (χ4v) is 3.35. The second-order valence-corrected chi connectivity index (χ2v) is 5.60. The summed E-state index contributed by atoms with van der Waals surface area (Å²) in [5, 5.41) is 12.3. The van der Waals surface area contributed by atoms with Gasteiger partial charge in [-0.05, 0) is 28.1 Å². The Labute approximate surface area is 133 Å². The normalized spacial score (nSPS) is 12.1. The summed E-state index contributed by atoms with van der Waals surface area (Å²) >= 11 is 5.45. The summed E-state index contributed by atoms with van der Waals surface area (Å²) in [5.74, 6) is 0.530. The van der Waals surface area contributed by atoms with Crippen LogP contribution >= 0.6 is 44.3 Å². The van der Waals surface area contributed by atoms with Gasteiger partial charge in [0, 0.05) is 10.9 Å². The van der Waals surface area contributed by atoms with E-state index in [4.69, 9.17) is 0 Å². The standard InChI is InChI=1S/C8H8BrIN2OP.Na/c1-5(9)3-7-6(2)11-8(4-13)12(7)14-10;/h3,14H,1-2,4H2;/q-1;+1/b7-3+;. The molecule has 1 aromatic heterocycles. The molecule has 0 spiro atoms. The van der Waals surface area contributed by atoms with Crippen LogP contribution < -0.4 is 45.4 Å². The minimum atomic E-state index is -0.318. The largest absolute Gasteiger partial charge is 1.00 e. The van der Waals surface area contributed by atoms with Gasteiger partial charge in [-0.3, -0.25) is 0 Å². The topological polar surface area (TPSA) is 40.9 Å². The third kappa shape index (κ3) is 4.22. The van der Waals surface area contributed by atoms with Gasteiger partial charge in [0.15, 0.2) is 0 Å². The monoisotopic (exact) mass is 408 g/mol. The summed E-state index contributed by atoms with van der Waals surface area (Å²) in [4.78, 5) is 4.10. The van der Waals surface area contributed by atoms with Crippen molar-refractivity contribution in [3.63, 3.8) is 0 Å². The van der Waals surface area contributed by atoms with Crippen LogP contribution in [-0.2, 0) is 6.61 Å². The van der Waals surface area contributed by atoms with Crippen molar-refractivity contribution in [1.82, 2.24) is 9.32 Å². The number of allylic oxidation sites excluding steroid dienone is 1. The van der Waals surface area contributed by atoms with E-state index in [1.807, 2.05) is 10.4 Å². The molecule has 1 rings (SSSR count). The molecule has 7 heteroatoms. The van der Waals surface area contributed by atoms with Crippen molar-refractivity contribution in [2.24, 2.45) is 0 Å². The molecule has 0 aliphatic heterocycles. The third-order valence-electron chi connectivity index (χ3n) is 1.57. The second-order valence-electron chi connectivity index (χ2n) is 2.52. The van der Waals surface area contributed by atoms with Crippen molar-refractivity contribution in [3.8, 4) is 0 Å². The zero-order valence-corrected chi connectivity index (χ0v) is 15.0. The van der Waals surface area contributed by atoms with Crippen LogP contribution in [0.2, 0.25) is 0 Å². The Bertz CT molecular complexity index is 462. The van der Waals surface area contributed by atoms with Crippen molar-refractivity contribution >= 4 is 57.0 Å². The molecule has 1 aromatic rings. The average Bonchev–Trinajstić information content (AvgIpc) is 2.42. The maximum Gasteiger partial charge on any atom is 1.00 e. The van der Waals surface area contributed by atoms with Gasteiger partial charge >= 0.3 is 29.6 Å². The van der Waals surface area contributed by atoms with Crippen LogP contribution in [0.5, 0.6) is 0 Å². The van der Waals surface area contributed by atoms with Crippen LogP contribution in [-0.4, -0.2) is 9.32 Å². The Kier molecular flexibility index (Phi) is 8.24. The second kappa shape index (κ2) is 7.58. The maximum atomic E-state index is 10.8. The van der Waals surface area contributed by atoms with Gasteiger partial charge in [-0.15, -0.1) is 0 Å². The number of imidazole rings is 1. The summed E-state index contributed by atoms with van der Waals surface area (Å²) in [5.41, 5.74) is 0. The summed E-state index contributed by atoms with van der Waals surface area (Å²) in [7, 11) is 0. The molecule has 0 saturated heterocycles. The Morgan fingerprint density at radius 2 is 2.33 bits per heavy atom. The molecule has 15 heavy (non-hydrogen) atoms. The summed E-state index contributed by atoms with van der Waals surface area (Å²) in [6.07, 6.45) is 2.27. The third-order valence-corrected chi connectivity index (χ3v) is 3.91. The van der Waals surface area contributed by atoms with E-state index in [0.29, 0.717) is 17.5 Å². The molecule has 1 unspecified atom stereocenters. The number of aromatic nitrogens is 2. The van der Waals surface area contributed by atoms with Crippen molar-refractivity contribution in [2.75, 3.05) is 0 Å². The maximum absolute atomic E-state index is 10.8. The molecule has 0 amide bonds. The molecule has 0 aliphatic carbocycles. The van der Waals surface area contributed by atoms with Gasteiger partial charge in [0.05, 0.1) is 16.5 Å². The molecule has 1 atom stereocenters. The van der Waals surface area contributed by atoms with Crippen molar-refractivity contribution < 1.29 is 34.7 Å². The Morgan fingerprint density at radius 1 is 1.73 bits per heavy atom. The zero-order valence-electron chi connectivity index (χ0n) is 8.26. The van der Waals surface area contributed by atoms with Crippen LogP contribution in [0.3, 0.4) is 0 Å². The first-order chi connectivity index (χ1) is 6.60. The Hall–Kier alpha value is 1.29. The smallest absolute Gasteiger partial charge is 0.849 e. The Balaban J connectivity index is 0.00000196. The van der Waals surface area contributed by atoms with Gasteiger partial charge in [0.1, 0.15) is 0 Å². The first-order valence-electron chi connectivity index (χ1n) is 3.67. The van der Waals surface area contributed by atoms with Gasteiger partial charge in [-0.1, -0.05) is 35.7 Å². The van der Waals surface area contributed by atoms with Gasteiger partial charge < -0.3 is 9.44 Å². The molecule has 1 heterocycles. The van der Waals surface area contributed by atoms with E-state index in [1.54, 1.807) is 0 Å². The minimum Gasteiger partial charge on any atom is -0.849 e. The fourth-order valence-electron chi connectivity index (χ4n) is 1.02. The molecule has 3 nitrogen and oxygen atoms in total. The van der Waals surface area contributed by atoms with Crippen LogP contribution in [0.15, 0.2) is 11.1 Å². The van der Waals surface area contributed by atoms with Crippen LogP contribution in [0, 0.1) is 0 Å². The molecular weight excluding hydrogens is 401 g/mol. The van der Waals surface area contributed by atoms with E-state index in [9.17, 15) is 5.11 Å². The van der Waals surface area contributed by atoms with Crippen LogP contribution in [0.1, 0.15) is 5.82 Å². The predicted octanol–water partition coefficient (Wildman–Crippen LogP) is -2.36. The number of rotatable bonds is 3. The molecule has 0 aromatic carbocycles. The first-order valence-corrected chi connectivity index (χ1v) is 8.53. The van der Waals surface area contributed by atoms with Crippen molar-refractivity contribution in [1.29, 1.82) is 0 Å². The number of hydrogen-bond acceptors (Lipinski definition) is 2. The van der Waals surface area contributed by atoms with Gasteiger partial charge in [0.25, 0.3) is 0 Å². The number of nitrogens with zero attached hydrogens (tertiary/aromatic N) is 2. The SMILES string of the molecule is C=C(Br)/C=c1\c(=C)nc(C[O-])n1PI.[Na+]. The van der Waals surface area contributed by atoms with Crippen molar-refractivity contribution in [3.05, 3.63) is 27.6 Å². The first kappa shape index (κ1) is 16.3. The van der Waals surface area contributed by atoms with E-state index in [1.165, 1.54) is 0 Å². The van der Waals surface area contributed by atoms with Gasteiger partial charge in [0.2, 0.25) is 0 Å². The van der Waals surface area contributed by atoms with E-state index < -0.39 is 0 Å². The molecule has 76 valence electrons. The summed E-state index contributed by atoms with van der Waals surface area (Å²) < 4.78 is 2.61. The molecule has 0 radical (unpaired) electrons. The van der Waals surface area contributed by atoms with E-state index in [-0.39, 0.29) is 36.2 Å². The van der Waals surface area contributed by atoms with E-state index >= 15 is 0 Å². The zero-order chi connectivity index (χ0) is 10.7. The van der Waals surface area contributed by atoms with Gasteiger partial charge in [-0.25, -0.2) is 4.98 Å². The van der Waals surface area contributed by atoms with Crippen LogP contribution in [0.4, 0.5) is 0 Å². The molecular formula is C8H8BrIN2NaOP. The number of halogens is 2. The summed E-state index contributed by atoms with van der Waals surface area (Å²) in [6.45, 7) is 7.19. The fraction of sp³-hybridized carbons (Fsp3) is 0.125. The predicted molar refractivity (Wildman–Crippen MR) is 71.0 cm³/mol. The van der Waals surface area contributed by atoms with E-state index in [2.05, 4.69) is 56.1 Å². The molecule has 0 bridgehead atoms. The van der Waals surface area contributed by atoms with E-state index in [0.717, 1.165) is 9.83 Å². The Morgan fingerprint density at radius 3 is 2.73 bits per heavy atom. The molecule has 0 aliphatic rings. The van der Waals surface area contributed by atoms with Gasteiger partial charge in [-0.2, -0.15) is 0 Å². The average molecular weight is 409 g/mol. The molecule has 0 saturated carbocycles. The van der Waals surface area contributed by atoms with Crippen molar-refractivity contribution in [2.45, 2.75) is 6.61 Å². The van der Waals surface area contributed by atoms with Crippen LogP contribution in [0.25, 0.3) is 12.7 Å². The summed E-state index contributed by atoms with van der Waals surface area (Å²) in [6, 6.07) is 0. The quantitative estimate of drug-likeness (QED) is 0.319. The molecule has 0 N–H and O–H groups in total. The molecule has 0 fully saturated rings.